The summed E-state index contributed by atoms with van der Waals surface area (Å²) in [6.07, 6.45) is 3.54. The largest absolute Gasteiger partial charge is 0.490 e. The van der Waals surface area contributed by atoms with Crippen LogP contribution in [0.2, 0.25) is 0 Å². The molecule has 0 bridgehead atoms. The maximum atomic E-state index is 5.92. The van der Waals surface area contributed by atoms with Crippen molar-refractivity contribution in [1.82, 2.24) is 14.5 Å². The number of imidazole rings is 1. The molecule has 1 aliphatic rings. The van der Waals surface area contributed by atoms with Gasteiger partial charge >= 0.3 is 0 Å². The molecule has 26 heavy (non-hydrogen) atoms. The Morgan fingerprint density at radius 1 is 1.12 bits per heavy atom. The van der Waals surface area contributed by atoms with E-state index in [0.29, 0.717) is 19.2 Å². The molecule has 5 nitrogen and oxygen atoms in total. The Balaban J connectivity index is 1.40. The van der Waals surface area contributed by atoms with Crippen LogP contribution in [0.4, 0.5) is 0 Å². The van der Waals surface area contributed by atoms with E-state index in [-0.39, 0.29) is 11.5 Å². The molecule has 0 spiro atoms. The molecule has 0 saturated heterocycles. The van der Waals surface area contributed by atoms with Gasteiger partial charge in [0.1, 0.15) is 12.4 Å². The number of hydrogen-bond donors (Lipinski definition) is 0. The molecule has 5 heteroatoms. The number of rotatable bonds is 4. The van der Waals surface area contributed by atoms with Gasteiger partial charge in [0.15, 0.2) is 6.10 Å². The highest BCUT2D eigenvalue weighted by Gasteiger charge is 2.27. The summed E-state index contributed by atoms with van der Waals surface area (Å²) < 4.78 is 13.9. The Kier molecular flexibility index (Phi) is 4.15. The molecular weight excluding hydrogens is 326 g/mol. The number of fused-ring (bicyclic) bond motifs is 1. The van der Waals surface area contributed by atoms with Crippen molar-refractivity contribution >= 4 is 0 Å². The second-order valence-corrected chi connectivity index (χ2v) is 7.58. The van der Waals surface area contributed by atoms with E-state index in [4.69, 9.17) is 9.47 Å². The van der Waals surface area contributed by atoms with Crippen LogP contribution in [0.3, 0.4) is 0 Å². The zero-order valence-corrected chi connectivity index (χ0v) is 15.3. The second kappa shape index (κ2) is 6.48. The minimum absolute atomic E-state index is 0.0524. The lowest BCUT2D eigenvalue weighted by Crippen LogP contribution is -2.23. The van der Waals surface area contributed by atoms with Gasteiger partial charge in [-0.05, 0) is 35.2 Å². The average Bonchev–Trinajstić information content (AvgIpc) is 3.20. The number of pyridine rings is 1. The lowest BCUT2D eigenvalue weighted by molar-refractivity contribution is 0.143. The maximum absolute atomic E-state index is 5.92. The molecule has 2 aromatic heterocycles. The van der Waals surface area contributed by atoms with Crippen LogP contribution in [0, 0.1) is 0 Å². The first-order valence-electron chi connectivity index (χ1n) is 8.87. The van der Waals surface area contributed by atoms with E-state index in [9.17, 15) is 0 Å². The van der Waals surface area contributed by atoms with Crippen LogP contribution in [0.25, 0.3) is 11.4 Å². The lowest BCUT2D eigenvalue weighted by Gasteiger charge is -2.19. The van der Waals surface area contributed by atoms with Gasteiger partial charge in [-0.2, -0.15) is 0 Å². The monoisotopic (exact) mass is 349 g/mol. The van der Waals surface area contributed by atoms with Crippen LogP contribution in [-0.2, 0) is 12.0 Å². The van der Waals surface area contributed by atoms with Gasteiger partial charge in [0.05, 0.1) is 24.1 Å². The summed E-state index contributed by atoms with van der Waals surface area (Å²) >= 11 is 0. The van der Waals surface area contributed by atoms with Gasteiger partial charge in [0, 0.05) is 6.20 Å². The van der Waals surface area contributed by atoms with Crippen molar-refractivity contribution in [1.29, 1.82) is 0 Å². The van der Waals surface area contributed by atoms with Gasteiger partial charge in [-0.3, -0.25) is 9.55 Å². The Morgan fingerprint density at radius 3 is 2.62 bits per heavy atom. The van der Waals surface area contributed by atoms with Gasteiger partial charge in [0.2, 0.25) is 0 Å². The Hall–Kier alpha value is -2.82. The summed E-state index contributed by atoms with van der Waals surface area (Å²) in [6.45, 7) is 7.81. The molecule has 0 fully saturated rings. The molecule has 1 aromatic carbocycles. The minimum atomic E-state index is -0.0524. The molecule has 3 aromatic rings. The molecule has 134 valence electrons. The van der Waals surface area contributed by atoms with Crippen molar-refractivity contribution in [3.8, 4) is 23.1 Å². The van der Waals surface area contributed by atoms with Crippen LogP contribution in [0.1, 0.15) is 26.3 Å². The van der Waals surface area contributed by atoms with Crippen molar-refractivity contribution in [2.45, 2.75) is 38.8 Å². The first-order valence-corrected chi connectivity index (χ1v) is 8.87. The molecule has 0 saturated carbocycles. The first kappa shape index (κ1) is 16.6. The van der Waals surface area contributed by atoms with E-state index in [1.165, 1.54) is 5.56 Å². The number of ether oxygens (including phenoxy) is 2. The quantitative estimate of drug-likeness (QED) is 0.712. The predicted molar refractivity (Wildman–Crippen MR) is 101 cm³/mol. The van der Waals surface area contributed by atoms with E-state index in [1.54, 1.807) is 12.4 Å². The Morgan fingerprint density at radius 2 is 1.92 bits per heavy atom. The maximum Gasteiger partial charge on any atom is 0.297 e. The van der Waals surface area contributed by atoms with Crippen molar-refractivity contribution in [3.63, 3.8) is 0 Å². The minimum Gasteiger partial charge on any atom is -0.490 e. The molecule has 0 unspecified atom stereocenters. The highest BCUT2D eigenvalue weighted by Crippen LogP contribution is 2.29. The summed E-state index contributed by atoms with van der Waals surface area (Å²) in [5, 5.41) is 0. The smallest absolute Gasteiger partial charge is 0.297 e. The number of hydrogen-bond acceptors (Lipinski definition) is 4. The highest BCUT2D eigenvalue weighted by molar-refractivity contribution is 5.55. The number of nitrogens with zero attached hydrogens (tertiary/aromatic N) is 3. The Bertz CT molecular complexity index is 880. The van der Waals surface area contributed by atoms with Crippen LogP contribution in [0.5, 0.6) is 11.8 Å². The van der Waals surface area contributed by atoms with Gasteiger partial charge in [0.25, 0.3) is 6.01 Å². The molecule has 1 aliphatic heterocycles. The average molecular weight is 349 g/mol. The predicted octanol–water partition coefficient (Wildman–Crippen LogP) is 4.08. The Labute approximate surface area is 153 Å². The van der Waals surface area contributed by atoms with E-state index in [0.717, 1.165) is 17.1 Å². The third-order valence-electron chi connectivity index (χ3n) is 4.56. The molecule has 0 amide bonds. The molecule has 0 radical (unpaired) electrons. The summed E-state index contributed by atoms with van der Waals surface area (Å²) in [6, 6.07) is 14.8. The second-order valence-electron chi connectivity index (χ2n) is 7.58. The molecule has 3 heterocycles. The molecule has 0 N–H and O–H groups in total. The van der Waals surface area contributed by atoms with Crippen molar-refractivity contribution in [3.05, 3.63) is 60.4 Å². The van der Waals surface area contributed by atoms with Crippen LogP contribution < -0.4 is 9.47 Å². The fourth-order valence-corrected chi connectivity index (χ4v) is 3.06. The molecular formula is C21H23N3O2. The van der Waals surface area contributed by atoms with Crippen molar-refractivity contribution in [2.24, 2.45) is 0 Å². The zero-order chi connectivity index (χ0) is 18.1. The summed E-state index contributed by atoms with van der Waals surface area (Å²) in [5.41, 5.74) is 3.30. The van der Waals surface area contributed by atoms with Gasteiger partial charge in [-0.25, -0.2) is 4.98 Å². The summed E-state index contributed by atoms with van der Waals surface area (Å²) in [5.74, 6) is 0.857. The lowest BCUT2D eigenvalue weighted by atomic mass is 9.87. The van der Waals surface area contributed by atoms with Gasteiger partial charge < -0.3 is 9.47 Å². The van der Waals surface area contributed by atoms with Crippen molar-refractivity contribution < 1.29 is 9.47 Å². The zero-order valence-electron chi connectivity index (χ0n) is 15.3. The number of benzene rings is 1. The molecule has 4 rings (SSSR count). The van der Waals surface area contributed by atoms with Crippen LogP contribution in [-0.4, -0.2) is 27.2 Å². The van der Waals surface area contributed by atoms with E-state index < -0.39 is 0 Å². The van der Waals surface area contributed by atoms with Crippen molar-refractivity contribution in [2.75, 3.05) is 6.61 Å². The van der Waals surface area contributed by atoms with E-state index >= 15 is 0 Å². The summed E-state index contributed by atoms with van der Waals surface area (Å²) in [4.78, 5) is 8.76. The first-order chi connectivity index (χ1) is 12.5. The fraction of sp³-hybridized carbons (Fsp3) is 0.333. The summed E-state index contributed by atoms with van der Waals surface area (Å²) in [7, 11) is 0. The standard InChI is InChI=1S/C21H23N3O2/c1-21(2,3)15-7-9-16(10-8-15)25-14-17-13-24-19(12-23-20(24)26-17)18-6-4-5-11-22-18/h4-12,17H,13-14H2,1-3H3/t17-/m0/s1. The topological polar surface area (TPSA) is 49.2 Å². The molecule has 1 atom stereocenters. The van der Waals surface area contributed by atoms with Crippen LogP contribution in [0.15, 0.2) is 54.9 Å². The van der Waals surface area contributed by atoms with Gasteiger partial charge in [-0.15, -0.1) is 0 Å². The third-order valence-corrected chi connectivity index (χ3v) is 4.56. The van der Waals surface area contributed by atoms with Gasteiger partial charge in [-0.1, -0.05) is 39.0 Å². The van der Waals surface area contributed by atoms with E-state index in [2.05, 4.69) is 47.4 Å². The third kappa shape index (κ3) is 3.29. The fourth-order valence-electron chi connectivity index (χ4n) is 3.06. The number of aromatic nitrogens is 3. The SMILES string of the molecule is CC(C)(C)c1ccc(OC[C@@H]2Cn3c(-c4ccccn4)cnc3O2)cc1. The van der Waals surface area contributed by atoms with E-state index in [1.807, 2.05) is 30.3 Å². The normalized spacial score (nSPS) is 16.2. The molecule has 0 aliphatic carbocycles. The van der Waals surface area contributed by atoms with Crippen LogP contribution >= 0.6 is 0 Å². The highest BCUT2D eigenvalue weighted by atomic mass is 16.6.